The zero-order valence-corrected chi connectivity index (χ0v) is 13.4. The molecule has 1 atom stereocenters. The van der Waals surface area contributed by atoms with Crippen LogP contribution in [0.25, 0.3) is 0 Å². The number of amides is 1. The van der Waals surface area contributed by atoms with Crippen LogP contribution in [0.2, 0.25) is 0 Å². The van der Waals surface area contributed by atoms with Crippen molar-refractivity contribution >= 4 is 17.7 Å². The number of nitrogens with zero attached hydrogens (tertiary/aromatic N) is 1. The van der Waals surface area contributed by atoms with Gasteiger partial charge in [0.1, 0.15) is 5.76 Å². The van der Waals surface area contributed by atoms with Gasteiger partial charge in [0.15, 0.2) is 0 Å². The van der Waals surface area contributed by atoms with Crippen LogP contribution in [0.15, 0.2) is 22.8 Å². The first-order valence-electron chi connectivity index (χ1n) is 8.25. The molecule has 2 fully saturated rings. The zero-order valence-electron chi connectivity index (χ0n) is 12.6. The Morgan fingerprint density at radius 1 is 1.24 bits per heavy atom. The molecule has 2 heterocycles. The van der Waals surface area contributed by atoms with Crippen molar-refractivity contribution in [2.24, 2.45) is 5.92 Å². The first-order chi connectivity index (χ1) is 10.3. The lowest BCUT2D eigenvalue weighted by atomic mass is 9.86. The summed E-state index contributed by atoms with van der Waals surface area (Å²) < 4.78 is 5.52. The van der Waals surface area contributed by atoms with E-state index in [2.05, 4.69) is 11.0 Å². The SMILES string of the molecule is O=C(CC1CCCCC1)N1CCSC(c2ccco2)CC1. The van der Waals surface area contributed by atoms with Crippen LogP contribution in [0.5, 0.6) is 0 Å². The van der Waals surface area contributed by atoms with Gasteiger partial charge >= 0.3 is 0 Å². The monoisotopic (exact) mass is 307 g/mol. The Hall–Kier alpha value is -0.900. The van der Waals surface area contributed by atoms with E-state index < -0.39 is 0 Å². The van der Waals surface area contributed by atoms with Gasteiger partial charge < -0.3 is 9.32 Å². The highest BCUT2D eigenvalue weighted by atomic mass is 32.2. The Morgan fingerprint density at radius 3 is 2.86 bits per heavy atom. The molecule has 1 saturated carbocycles. The van der Waals surface area contributed by atoms with Crippen LogP contribution in [0.3, 0.4) is 0 Å². The molecule has 21 heavy (non-hydrogen) atoms. The Balaban J connectivity index is 1.51. The number of rotatable bonds is 3. The first-order valence-corrected chi connectivity index (χ1v) is 9.30. The summed E-state index contributed by atoms with van der Waals surface area (Å²) in [7, 11) is 0. The van der Waals surface area contributed by atoms with E-state index in [0.29, 0.717) is 17.1 Å². The lowest BCUT2D eigenvalue weighted by Gasteiger charge is -2.25. The minimum Gasteiger partial charge on any atom is -0.468 e. The van der Waals surface area contributed by atoms with E-state index in [-0.39, 0.29) is 0 Å². The van der Waals surface area contributed by atoms with Crippen molar-refractivity contribution in [1.29, 1.82) is 0 Å². The minimum absolute atomic E-state index is 0.377. The average Bonchev–Trinajstić information content (AvgIpc) is 2.93. The van der Waals surface area contributed by atoms with Gasteiger partial charge in [-0.25, -0.2) is 0 Å². The van der Waals surface area contributed by atoms with Gasteiger partial charge in [0.25, 0.3) is 0 Å². The first kappa shape index (κ1) is 15.0. The number of furan rings is 1. The Bertz CT molecular complexity index is 440. The van der Waals surface area contributed by atoms with Crippen LogP contribution < -0.4 is 0 Å². The smallest absolute Gasteiger partial charge is 0.222 e. The maximum atomic E-state index is 12.5. The fourth-order valence-corrected chi connectivity index (χ4v) is 4.67. The molecule has 1 unspecified atom stereocenters. The number of hydrogen-bond acceptors (Lipinski definition) is 3. The molecule has 1 amide bonds. The summed E-state index contributed by atoms with van der Waals surface area (Å²) in [5.41, 5.74) is 0. The third-order valence-corrected chi connectivity index (χ3v) is 6.03. The number of carbonyl (C=O) groups excluding carboxylic acids is 1. The number of carbonyl (C=O) groups is 1. The molecule has 0 N–H and O–H groups in total. The minimum atomic E-state index is 0.377. The molecule has 1 aliphatic carbocycles. The normalized spacial score (nSPS) is 24.8. The average molecular weight is 307 g/mol. The maximum Gasteiger partial charge on any atom is 0.222 e. The molecule has 1 saturated heterocycles. The number of thioether (sulfide) groups is 1. The van der Waals surface area contributed by atoms with Gasteiger partial charge in [-0.2, -0.15) is 0 Å². The van der Waals surface area contributed by atoms with Crippen LogP contribution in [0, 0.1) is 5.92 Å². The Kier molecular flexibility index (Phi) is 5.28. The number of hydrogen-bond donors (Lipinski definition) is 0. The molecule has 3 rings (SSSR count). The Labute approximate surface area is 131 Å². The molecule has 0 bridgehead atoms. The van der Waals surface area contributed by atoms with Gasteiger partial charge in [0.05, 0.1) is 11.5 Å². The molecule has 116 valence electrons. The van der Waals surface area contributed by atoms with E-state index in [1.165, 1.54) is 32.1 Å². The fraction of sp³-hybridized carbons (Fsp3) is 0.706. The molecule has 1 aromatic heterocycles. The summed E-state index contributed by atoms with van der Waals surface area (Å²) in [5, 5.41) is 0.410. The van der Waals surface area contributed by atoms with Crippen molar-refractivity contribution in [3.8, 4) is 0 Å². The third-order valence-electron chi connectivity index (χ3n) is 4.74. The molecular formula is C17H25NO2S. The highest BCUT2D eigenvalue weighted by molar-refractivity contribution is 7.99. The zero-order chi connectivity index (χ0) is 14.5. The molecule has 1 aromatic rings. The summed E-state index contributed by atoms with van der Waals surface area (Å²) in [6, 6.07) is 4.00. The van der Waals surface area contributed by atoms with E-state index >= 15 is 0 Å². The van der Waals surface area contributed by atoms with Crippen LogP contribution in [0.1, 0.15) is 56.0 Å². The van der Waals surface area contributed by atoms with Crippen LogP contribution in [-0.2, 0) is 4.79 Å². The highest BCUT2D eigenvalue weighted by Crippen LogP contribution is 2.35. The van der Waals surface area contributed by atoms with E-state index in [9.17, 15) is 4.79 Å². The highest BCUT2D eigenvalue weighted by Gasteiger charge is 2.25. The van der Waals surface area contributed by atoms with Crippen LogP contribution in [-0.4, -0.2) is 29.6 Å². The van der Waals surface area contributed by atoms with Gasteiger partial charge in [0.2, 0.25) is 5.91 Å². The molecular weight excluding hydrogens is 282 g/mol. The molecule has 0 aromatic carbocycles. The fourth-order valence-electron chi connectivity index (χ4n) is 3.49. The molecule has 4 heteroatoms. The lowest BCUT2D eigenvalue weighted by molar-refractivity contribution is -0.132. The van der Waals surface area contributed by atoms with Crippen molar-refractivity contribution in [2.75, 3.05) is 18.8 Å². The molecule has 1 aliphatic heterocycles. The van der Waals surface area contributed by atoms with Crippen LogP contribution in [0.4, 0.5) is 0 Å². The predicted molar refractivity (Wildman–Crippen MR) is 86.3 cm³/mol. The quantitative estimate of drug-likeness (QED) is 0.836. The van der Waals surface area contributed by atoms with Gasteiger partial charge in [-0.1, -0.05) is 19.3 Å². The standard InChI is InChI=1S/C17H25NO2S/c19-17(13-14-5-2-1-3-6-14)18-9-8-16(21-12-10-18)15-7-4-11-20-15/h4,7,11,14,16H,1-3,5-6,8-10,12-13H2. The lowest BCUT2D eigenvalue weighted by Crippen LogP contribution is -2.34. The van der Waals surface area contributed by atoms with Gasteiger partial charge in [-0.15, -0.1) is 11.8 Å². The molecule has 0 spiro atoms. The Morgan fingerprint density at radius 2 is 2.10 bits per heavy atom. The molecule has 2 aliphatic rings. The summed E-state index contributed by atoms with van der Waals surface area (Å²) in [5.74, 6) is 3.09. The van der Waals surface area contributed by atoms with Crippen molar-refractivity contribution in [1.82, 2.24) is 4.90 Å². The second-order valence-corrected chi connectivity index (χ2v) is 7.56. The van der Waals surface area contributed by atoms with Gasteiger partial charge in [0, 0.05) is 25.3 Å². The van der Waals surface area contributed by atoms with Crippen LogP contribution >= 0.6 is 11.8 Å². The largest absolute Gasteiger partial charge is 0.468 e. The van der Waals surface area contributed by atoms with Crippen molar-refractivity contribution in [3.63, 3.8) is 0 Å². The maximum absolute atomic E-state index is 12.5. The molecule has 0 radical (unpaired) electrons. The van der Waals surface area contributed by atoms with Crippen molar-refractivity contribution < 1.29 is 9.21 Å². The third kappa shape index (κ3) is 4.06. The van der Waals surface area contributed by atoms with Gasteiger partial charge in [-0.05, 0) is 37.3 Å². The van der Waals surface area contributed by atoms with E-state index in [0.717, 1.165) is 37.4 Å². The summed E-state index contributed by atoms with van der Waals surface area (Å²) in [6.07, 6.45) is 10.0. The summed E-state index contributed by atoms with van der Waals surface area (Å²) in [6.45, 7) is 1.78. The van der Waals surface area contributed by atoms with E-state index in [1.54, 1.807) is 6.26 Å². The van der Waals surface area contributed by atoms with Gasteiger partial charge in [-0.3, -0.25) is 4.79 Å². The predicted octanol–water partition coefficient (Wildman–Crippen LogP) is 4.26. The molecule has 3 nitrogen and oxygen atoms in total. The second kappa shape index (κ2) is 7.39. The van der Waals surface area contributed by atoms with E-state index in [1.807, 2.05) is 17.8 Å². The second-order valence-electron chi connectivity index (χ2n) is 6.25. The summed E-state index contributed by atoms with van der Waals surface area (Å²) in [4.78, 5) is 14.6. The summed E-state index contributed by atoms with van der Waals surface area (Å²) >= 11 is 1.92. The van der Waals surface area contributed by atoms with Crippen molar-refractivity contribution in [3.05, 3.63) is 24.2 Å². The topological polar surface area (TPSA) is 33.5 Å². The van der Waals surface area contributed by atoms with E-state index in [4.69, 9.17) is 4.42 Å². The van der Waals surface area contributed by atoms with Crippen molar-refractivity contribution in [2.45, 2.75) is 50.2 Å².